The molecule has 0 saturated carbocycles. The topological polar surface area (TPSA) is 44.0 Å². The molecule has 3 aromatic carbocycles. The molecule has 40 heavy (non-hydrogen) atoms. The van der Waals surface area contributed by atoms with Gasteiger partial charge in [0.1, 0.15) is 11.8 Å². The number of hydrogen-bond donors (Lipinski definition) is 1. The average Bonchev–Trinajstić information content (AvgIpc) is 2.81. The van der Waals surface area contributed by atoms with E-state index in [1.165, 1.54) is 25.6 Å². The fourth-order valence-electron chi connectivity index (χ4n) is 3.27. The van der Waals surface area contributed by atoms with Crippen LogP contribution in [0.15, 0.2) is 49.8 Å². The van der Waals surface area contributed by atoms with Crippen molar-refractivity contribution in [3.63, 3.8) is 0 Å². The van der Waals surface area contributed by atoms with Crippen LogP contribution in [-0.2, 0) is 16.2 Å². The van der Waals surface area contributed by atoms with E-state index in [1.54, 1.807) is 6.07 Å². The van der Waals surface area contributed by atoms with E-state index in [-0.39, 0.29) is 22.0 Å². The third-order valence-electron chi connectivity index (χ3n) is 6.34. The van der Waals surface area contributed by atoms with Crippen molar-refractivity contribution >= 4 is 71.0 Å². The van der Waals surface area contributed by atoms with E-state index >= 15 is 0 Å². The Kier molecular flexibility index (Phi) is 13.3. The summed E-state index contributed by atoms with van der Waals surface area (Å²) in [5.41, 5.74) is 6.35. The van der Waals surface area contributed by atoms with Gasteiger partial charge in [-0.1, -0.05) is 117 Å². The third kappa shape index (κ3) is 10.7. The number of nitriles is 1. The molecule has 0 heterocycles. The number of rotatable bonds is 0. The maximum atomic E-state index is 9.52. The predicted molar refractivity (Wildman–Crippen MR) is 184 cm³/mol. The standard InChI is InChI=1S/C11H14Br2.C11H12BrNO.C11H14Cl2/c1-7-9(12)5-8(6-10(7)13)11(2,3)4;1-11(2,3)8-4-7(6-13)10(14)9(12)5-8;1-7-9(12)5-8(6-10(7)13)11(2,3)4/h5-6H,1-4H3;4-5,14H,1-3H3;5-6H,1-4H3. The summed E-state index contributed by atoms with van der Waals surface area (Å²) in [7, 11) is 0. The first-order valence-corrected chi connectivity index (χ1v) is 16.0. The summed E-state index contributed by atoms with van der Waals surface area (Å²) in [6.07, 6.45) is 0. The van der Waals surface area contributed by atoms with Gasteiger partial charge in [0.05, 0.1) is 10.0 Å². The molecule has 218 valence electrons. The van der Waals surface area contributed by atoms with Crippen molar-refractivity contribution in [2.45, 2.75) is 92.4 Å². The van der Waals surface area contributed by atoms with E-state index in [2.05, 4.69) is 129 Å². The van der Waals surface area contributed by atoms with E-state index < -0.39 is 0 Å². The number of phenolic OH excluding ortho intramolecular Hbond substituents is 1. The van der Waals surface area contributed by atoms with Crippen LogP contribution in [-0.4, -0.2) is 5.11 Å². The van der Waals surface area contributed by atoms with Crippen LogP contribution in [0.5, 0.6) is 5.75 Å². The van der Waals surface area contributed by atoms with Crippen LogP contribution in [0.3, 0.4) is 0 Å². The van der Waals surface area contributed by atoms with Gasteiger partial charge < -0.3 is 5.11 Å². The van der Waals surface area contributed by atoms with Crippen LogP contribution >= 0.6 is 71.0 Å². The lowest BCUT2D eigenvalue weighted by atomic mass is 9.86. The van der Waals surface area contributed by atoms with Gasteiger partial charge in [-0.3, -0.25) is 0 Å². The molecule has 0 amide bonds. The number of benzene rings is 3. The van der Waals surface area contributed by atoms with Crippen LogP contribution in [0.4, 0.5) is 0 Å². The lowest BCUT2D eigenvalue weighted by Gasteiger charge is -2.20. The molecule has 0 aliphatic rings. The van der Waals surface area contributed by atoms with Gasteiger partial charge in [-0.25, -0.2) is 0 Å². The van der Waals surface area contributed by atoms with Crippen molar-refractivity contribution in [1.29, 1.82) is 5.26 Å². The van der Waals surface area contributed by atoms with Gasteiger partial charge in [0.2, 0.25) is 0 Å². The SMILES string of the molecule is CC(C)(C)c1cc(Br)c(O)c(C#N)c1.Cc1c(Br)cc(C(C)(C)C)cc1Br.Cc1c(Cl)cc(C(C)(C)C)cc1Cl. The molecule has 1 N–H and O–H groups in total. The second-order valence-electron chi connectivity index (χ2n) is 12.8. The smallest absolute Gasteiger partial charge is 0.147 e. The highest BCUT2D eigenvalue weighted by atomic mass is 79.9. The minimum Gasteiger partial charge on any atom is -0.505 e. The summed E-state index contributed by atoms with van der Waals surface area (Å²) in [4.78, 5) is 0. The van der Waals surface area contributed by atoms with E-state index in [4.69, 9.17) is 28.5 Å². The molecule has 0 aromatic heterocycles. The minimum atomic E-state index is -0.0260. The molecule has 2 nitrogen and oxygen atoms in total. The molecular formula is C33H40Br3Cl2NO. The zero-order chi connectivity index (χ0) is 31.4. The average molecular weight is 777 g/mol. The number of nitrogens with zero attached hydrogens (tertiary/aromatic N) is 1. The predicted octanol–water partition coefficient (Wildman–Crippen LogP) is 12.7. The zero-order valence-electron chi connectivity index (χ0n) is 25.2. The van der Waals surface area contributed by atoms with E-state index in [0.717, 1.165) is 21.2 Å². The Balaban J connectivity index is 0.000000300. The van der Waals surface area contributed by atoms with Crippen LogP contribution in [0.25, 0.3) is 0 Å². The first-order chi connectivity index (χ1) is 18.0. The number of phenols is 1. The van der Waals surface area contributed by atoms with E-state index in [0.29, 0.717) is 10.0 Å². The van der Waals surface area contributed by atoms with Gasteiger partial charge in [-0.15, -0.1) is 0 Å². The van der Waals surface area contributed by atoms with Gasteiger partial charge in [0.25, 0.3) is 0 Å². The van der Waals surface area contributed by atoms with Crippen molar-refractivity contribution in [3.05, 3.63) is 93.2 Å². The van der Waals surface area contributed by atoms with Crippen LogP contribution in [0, 0.1) is 25.2 Å². The first-order valence-electron chi connectivity index (χ1n) is 12.9. The molecule has 0 aliphatic carbocycles. The Morgan fingerprint density at radius 3 is 1.27 bits per heavy atom. The van der Waals surface area contributed by atoms with E-state index in [9.17, 15) is 5.11 Å². The Hall–Kier alpha value is -1.03. The molecule has 0 spiro atoms. The molecule has 0 bridgehead atoms. The largest absolute Gasteiger partial charge is 0.505 e. The summed E-state index contributed by atoms with van der Waals surface area (Å²) in [5.74, 6) is 0.0144. The Bertz CT molecular complexity index is 1280. The van der Waals surface area contributed by atoms with Gasteiger partial charge in [-0.2, -0.15) is 5.26 Å². The summed E-state index contributed by atoms with van der Waals surface area (Å²) < 4.78 is 2.92. The normalized spacial score (nSPS) is 11.6. The van der Waals surface area contributed by atoms with E-state index in [1.807, 2.05) is 31.2 Å². The van der Waals surface area contributed by atoms with Crippen molar-refractivity contribution < 1.29 is 5.11 Å². The number of halogens is 5. The lowest BCUT2D eigenvalue weighted by Crippen LogP contribution is -2.11. The van der Waals surface area contributed by atoms with Gasteiger partial charge in [0.15, 0.2) is 0 Å². The summed E-state index contributed by atoms with van der Waals surface area (Å²) in [6, 6.07) is 13.9. The summed E-state index contributed by atoms with van der Waals surface area (Å²) >= 11 is 22.4. The molecule has 3 rings (SSSR count). The monoisotopic (exact) mass is 773 g/mol. The van der Waals surface area contributed by atoms with Crippen LogP contribution < -0.4 is 0 Å². The quantitative estimate of drug-likeness (QED) is 0.247. The Morgan fingerprint density at radius 2 is 0.925 bits per heavy atom. The number of hydrogen-bond acceptors (Lipinski definition) is 2. The van der Waals surface area contributed by atoms with Gasteiger partial charge in [-0.05, 0) is 110 Å². The summed E-state index contributed by atoms with van der Waals surface area (Å²) in [5, 5.41) is 19.8. The van der Waals surface area contributed by atoms with Gasteiger partial charge >= 0.3 is 0 Å². The van der Waals surface area contributed by atoms with Gasteiger partial charge in [0, 0.05) is 19.0 Å². The lowest BCUT2D eigenvalue weighted by molar-refractivity contribution is 0.468. The molecular weight excluding hydrogens is 737 g/mol. The Labute approximate surface area is 276 Å². The van der Waals surface area contributed by atoms with Crippen LogP contribution in [0.1, 0.15) is 95.7 Å². The molecule has 0 radical (unpaired) electrons. The Morgan fingerprint density at radius 1 is 0.600 bits per heavy atom. The zero-order valence-corrected chi connectivity index (χ0v) is 31.5. The minimum absolute atomic E-state index is 0.0144. The third-order valence-corrected chi connectivity index (χ3v) is 9.38. The maximum Gasteiger partial charge on any atom is 0.147 e. The molecule has 0 unspecified atom stereocenters. The second kappa shape index (κ2) is 14.4. The molecule has 0 saturated heterocycles. The summed E-state index contributed by atoms with van der Waals surface area (Å²) in [6.45, 7) is 23.3. The maximum absolute atomic E-state index is 9.52. The van der Waals surface area contributed by atoms with Crippen molar-refractivity contribution in [3.8, 4) is 11.8 Å². The van der Waals surface area contributed by atoms with Crippen LogP contribution in [0.2, 0.25) is 10.0 Å². The fraction of sp³-hybridized carbons (Fsp3) is 0.424. The highest BCUT2D eigenvalue weighted by Crippen LogP contribution is 2.35. The van der Waals surface area contributed by atoms with Crippen molar-refractivity contribution in [2.75, 3.05) is 0 Å². The highest BCUT2D eigenvalue weighted by Gasteiger charge is 2.18. The molecule has 0 atom stereocenters. The number of aromatic hydroxyl groups is 1. The second-order valence-corrected chi connectivity index (χ2v) is 16.2. The molecule has 0 aliphatic heterocycles. The highest BCUT2D eigenvalue weighted by molar-refractivity contribution is 9.11. The molecule has 0 fully saturated rings. The van der Waals surface area contributed by atoms with Crippen molar-refractivity contribution in [1.82, 2.24) is 0 Å². The van der Waals surface area contributed by atoms with Crippen molar-refractivity contribution in [2.24, 2.45) is 0 Å². The molecule has 7 heteroatoms. The molecule has 3 aromatic rings. The first kappa shape index (κ1) is 37.0. The fourth-order valence-corrected chi connectivity index (χ4v) is 5.41.